The van der Waals surface area contributed by atoms with Crippen molar-refractivity contribution in [3.63, 3.8) is 0 Å². The van der Waals surface area contributed by atoms with Gasteiger partial charge in [-0.05, 0) is 12.1 Å². The summed E-state index contributed by atoms with van der Waals surface area (Å²) in [6.07, 6.45) is 0. The number of carbonyl (C=O) groups is 1. The summed E-state index contributed by atoms with van der Waals surface area (Å²) in [4.78, 5) is 10.9. The fourth-order valence-electron chi connectivity index (χ4n) is 1.21. The molecule has 0 aliphatic rings. The Hall–Kier alpha value is -1.36. The van der Waals surface area contributed by atoms with Crippen LogP contribution in [0, 0.1) is 0 Å². The minimum Gasteiger partial charge on any atom is -0.364 e. The molecule has 0 unspecified atom stereocenters. The highest BCUT2D eigenvalue weighted by Crippen LogP contribution is 2.24. The number of nitrogens with zero attached hydrogens (tertiary/aromatic N) is 1. The topological polar surface area (TPSA) is 71.8 Å². The van der Waals surface area contributed by atoms with Gasteiger partial charge in [0, 0.05) is 9.86 Å². The van der Waals surface area contributed by atoms with Gasteiger partial charge in [0.2, 0.25) is 0 Å². The largest absolute Gasteiger partial charge is 0.364 e. The molecule has 0 atom stereocenters. The van der Waals surface area contributed by atoms with Crippen LogP contribution < -0.4 is 5.73 Å². The Balaban J connectivity index is 2.86. The molecule has 0 aliphatic heterocycles. The zero-order chi connectivity index (χ0) is 9.42. The maximum absolute atomic E-state index is 10.9. The summed E-state index contributed by atoms with van der Waals surface area (Å²) in [5.74, 6) is -0.529. The lowest BCUT2D eigenvalue weighted by atomic mass is 10.2. The van der Waals surface area contributed by atoms with Gasteiger partial charge in [-0.2, -0.15) is 5.10 Å². The molecular weight excluding hydrogens is 234 g/mol. The minimum absolute atomic E-state index is 0.266. The van der Waals surface area contributed by atoms with Crippen LogP contribution in [-0.2, 0) is 0 Å². The Bertz CT molecular complexity index is 477. The van der Waals surface area contributed by atoms with Crippen LogP contribution in [0.1, 0.15) is 10.5 Å². The fraction of sp³-hybridized carbons (Fsp3) is 0. The third-order valence-corrected chi connectivity index (χ3v) is 2.43. The first kappa shape index (κ1) is 8.25. The molecule has 3 N–H and O–H groups in total. The van der Waals surface area contributed by atoms with Crippen LogP contribution in [-0.4, -0.2) is 16.1 Å². The standard InChI is InChI=1S/C8H6BrN3O/c9-4-2-1-3-5-6(4)7(8(10)13)12-11-5/h1-3H,(H2,10,13)(H,11,12). The van der Waals surface area contributed by atoms with Crippen molar-refractivity contribution in [2.45, 2.75) is 0 Å². The average Bonchev–Trinajstić information content (AvgIpc) is 2.49. The smallest absolute Gasteiger partial charge is 0.269 e. The van der Waals surface area contributed by atoms with Crippen molar-refractivity contribution in [2.75, 3.05) is 0 Å². The second-order valence-corrected chi connectivity index (χ2v) is 3.45. The van der Waals surface area contributed by atoms with E-state index in [2.05, 4.69) is 26.1 Å². The molecule has 13 heavy (non-hydrogen) atoms. The highest BCUT2D eigenvalue weighted by atomic mass is 79.9. The zero-order valence-electron chi connectivity index (χ0n) is 6.54. The highest BCUT2D eigenvalue weighted by molar-refractivity contribution is 9.10. The molecule has 5 heteroatoms. The number of hydrogen-bond donors (Lipinski definition) is 2. The number of nitrogens with two attached hydrogens (primary N) is 1. The summed E-state index contributed by atoms with van der Waals surface area (Å²) in [7, 11) is 0. The summed E-state index contributed by atoms with van der Waals surface area (Å²) in [6, 6.07) is 5.53. The second kappa shape index (κ2) is 2.85. The highest BCUT2D eigenvalue weighted by Gasteiger charge is 2.12. The van der Waals surface area contributed by atoms with Crippen molar-refractivity contribution in [2.24, 2.45) is 5.73 Å². The number of rotatable bonds is 1. The van der Waals surface area contributed by atoms with Crippen molar-refractivity contribution < 1.29 is 4.79 Å². The molecule has 0 spiro atoms. The summed E-state index contributed by atoms with van der Waals surface area (Å²) >= 11 is 3.33. The third-order valence-electron chi connectivity index (χ3n) is 1.77. The van der Waals surface area contributed by atoms with Crippen LogP contribution >= 0.6 is 15.9 Å². The Kier molecular flexibility index (Phi) is 1.81. The normalized spacial score (nSPS) is 10.5. The van der Waals surface area contributed by atoms with E-state index in [4.69, 9.17) is 5.73 Å². The molecular formula is C8H6BrN3O. The molecule has 2 rings (SSSR count). The third kappa shape index (κ3) is 1.21. The van der Waals surface area contributed by atoms with E-state index in [1.807, 2.05) is 18.2 Å². The Morgan fingerprint density at radius 2 is 2.31 bits per heavy atom. The molecule has 2 aromatic rings. The maximum atomic E-state index is 10.9. The molecule has 1 aromatic heterocycles. The van der Waals surface area contributed by atoms with E-state index in [1.165, 1.54) is 0 Å². The van der Waals surface area contributed by atoms with E-state index in [1.54, 1.807) is 0 Å². The number of benzene rings is 1. The van der Waals surface area contributed by atoms with Crippen LogP contribution in [0.15, 0.2) is 22.7 Å². The van der Waals surface area contributed by atoms with Gasteiger partial charge in [-0.1, -0.05) is 22.0 Å². The average molecular weight is 240 g/mol. The molecule has 0 saturated heterocycles. The monoisotopic (exact) mass is 239 g/mol. The van der Waals surface area contributed by atoms with Crippen molar-refractivity contribution in [3.05, 3.63) is 28.4 Å². The number of nitrogens with one attached hydrogen (secondary N) is 1. The van der Waals surface area contributed by atoms with Crippen LogP contribution in [0.3, 0.4) is 0 Å². The molecule has 1 amide bonds. The minimum atomic E-state index is -0.529. The first-order valence-electron chi connectivity index (χ1n) is 3.62. The van der Waals surface area contributed by atoms with E-state index in [0.717, 1.165) is 15.4 Å². The lowest BCUT2D eigenvalue weighted by molar-refractivity contribution is 0.0997. The van der Waals surface area contributed by atoms with Crippen molar-refractivity contribution >= 4 is 32.7 Å². The zero-order valence-corrected chi connectivity index (χ0v) is 8.13. The first-order valence-corrected chi connectivity index (χ1v) is 4.42. The summed E-state index contributed by atoms with van der Waals surface area (Å²) in [5, 5.41) is 7.29. The van der Waals surface area contributed by atoms with Gasteiger partial charge < -0.3 is 5.73 Å². The number of fused-ring (bicyclic) bond motifs is 1. The van der Waals surface area contributed by atoms with Crippen molar-refractivity contribution in [3.8, 4) is 0 Å². The van der Waals surface area contributed by atoms with Crippen molar-refractivity contribution in [1.82, 2.24) is 10.2 Å². The molecule has 4 nitrogen and oxygen atoms in total. The summed E-state index contributed by atoms with van der Waals surface area (Å²) in [6.45, 7) is 0. The van der Waals surface area contributed by atoms with Crippen LogP contribution in [0.4, 0.5) is 0 Å². The quantitative estimate of drug-likeness (QED) is 0.791. The van der Waals surface area contributed by atoms with E-state index in [0.29, 0.717) is 0 Å². The summed E-state index contributed by atoms with van der Waals surface area (Å²) in [5.41, 5.74) is 6.21. The number of hydrogen-bond acceptors (Lipinski definition) is 2. The molecule has 1 aromatic carbocycles. The number of carbonyl (C=O) groups excluding carboxylic acids is 1. The molecule has 0 radical (unpaired) electrons. The van der Waals surface area contributed by atoms with Gasteiger partial charge in [-0.15, -0.1) is 0 Å². The van der Waals surface area contributed by atoms with Gasteiger partial charge in [0.05, 0.1) is 5.52 Å². The lowest BCUT2D eigenvalue weighted by Gasteiger charge is -1.93. The van der Waals surface area contributed by atoms with E-state index < -0.39 is 5.91 Å². The number of amides is 1. The van der Waals surface area contributed by atoms with Crippen molar-refractivity contribution in [1.29, 1.82) is 0 Å². The Labute approximate surface area is 82.2 Å². The number of primary amides is 1. The molecule has 66 valence electrons. The SMILES string of the molecule is NC(=O)c1n[nH]c2cccc(Br)c12. The van der Waals surface area contributed by atoms with Crippen LogP contribution in [0.2, 0.25) is 0 Å². The molecule has 0 aliphatic carbocycles. The number of aromatic amines is 1. The van der Waals surface area contributed by atoms with Gasteiger partial charge in [0.15, 0.2) is 5.69 Å². The molecule has 0 bridgehead atoms. The molecule has 1 heterocycles. The van der Waals surface area contributed by atoms with Crippen LogP contribution in [0.5, 0.6) is 0 Å². The van der Waals surface area contributed by atoms with Crippen LogP contribution in [0.25, 0.3) is 10.9 Å². The van der Waals surface area contributed by atoms with Gasteiger partial charge in [-0.25, -0.2) is 0 Å². The number of halogens is 1. The van der Waals surface area contributed by atoms with Gasteiger partial charge in [0.1, 0.15) is 0 Å². The van der Waals surface area contributed by atoms with Gasteiger partial charge >= 0.3 is 0 Å². The number of H-pyrrole nitrogens is 1. The van der Waals surface area contributed by atoms with Gasteiger partial charge in [0.25, 0.3) is 5.91 Å². The second-order valence-electron chi connectivity index (χ2n) is 2.60. The predicted molar refractivity (Wildman–Crippen MR) is 52.3 cm³/mol. The van der Waals surface area contributed by atoms with Gasteiger partial charge in [-0.3, -0.25) is 9.89 Å². The van der Waals surface area contributed by atoms with E-state index in [9.17, 15) is 4.79 Å². The Morgan fingerprint density at radius 1 is 1.54 bits per heavy atom. The number of aromatic nitrogens is 2. The van der Waals surface area contributed by atoms with E-state index in [-0.39, 0.29) is 5.69 Å². The Morgan fingerprint density at radius 3 is 3.00 bits per heavy atom. The first-order chi connectivity index (χ1) is 6.20. The molecule has 0 saturated carbocycles. The van der Waals surface area contributed by atoms with E-state index >= 15 is 0 Å². The molecule has 0 fully saturated rings. The maximum Gasteiger partial charge on any atom is 0.269 e. The lowest BCUT2D eigenvalue weighted by Crippen LogP contribution is -2.11. The summed E-state index contributed by atoms with van der Waals surface area (Å²) < 4.78 is 0.813. The fourth-order valence-corrected chi connectivity index (χ4v) is 1.76. The predicted octanol–water partition coefficient (Wildman–Crippen LogP) is 1.42.